The number of rotatable bonds is 3. The molecule has 2 unspecified atom stereocenters. The van der Waals surface area contributed by atoms with Crippen molar-refractivity contribution in [3.05, 3.63) is 24.2 Å². The van der Waals surface area contributed by atoms with E-state index in [9.17, 15) is 0 Å². The summed E-state index contributed by atoms with van der Waals surface area (Å²) < 4.78 is 10.9. The van der Waals surface area contributed by atoms with Crippen LogP contribution in [0.15, 0.2) is 22.8 Å². The van der Waals surface area contributed by atoms with Crippen molar-refractivity contribution in [1.29, 1.82) is 0 Å². The van der Waals surface area contributed by atoms with Crippen molar-refractivity contribution in [2.24, 2.45) is 0 Å². The van der Waals surface area contributed by atoms with Gasteiger partial charge in [0.1, 0.15) is 5.76 Å². The van der Waals surface area contributed by atoms with Crippen molar-refractivity contribution in [2.75, 3.05) is 19.7 Å². The van der Waals surface area contributed by atoms with Crippen molar-refractivity contribution in [1.82, 2.24) is 4.90 Å². The molecule has 4 heteroatoms. The number of furan rings is 1. The molecule has 1 aliphatic heterocycles. The van der Waals surface area contributed by atoms with E-state index in [2.05, 4.69) is 4.90 Å². The molecule has 84 valence electrons. The number of aliphatic hydroxyl groups is 1. The minimum absolute atomic E-state index is 0.0660. The van der Waals surface area contributed by atoms with Crippen LogP contribution < -0.4 is 0 Å². The summed E-state index contributed by atoms with van der Waals surface area (Å²) in [5.74, 6) is 0.959. The van der Waals surface area contributed by atoms with E-state index in [1.54, 1.807) is 6.26 Å². The van der Waals surface area contributed by atoms with Crippen molar-refractivity contribution in [3.8, 4) is 0 Å². The molecule has 0 amide bonds. The average Bonchev–Trinajstić information content (AvgIpc) is 2.69. The Hall–Kier alpha value is -0.840. The molecule has 4 nitrogen and oxygen atoms in total. The second-order valence-corrected chi connectivity index (χ2v) is 4.02. The van der Waals surface area contributed by atoms with Gasteiger partial charge in [0.25, 0.3) is 0 Å². The lowest BCUT2D eigenvalue weighted by Crippen LogP contribution is -2.47. The van der Waals surface area contributed by atoms with Gasteiger partial charge in [-0.1, -0.05) is 0 Å². The lowest BCUT2D eigenvalue weighted by molar-refractivity contribution is -0.0983. The molecule has 2 rings (SSSR count). The highest BCUT2D eigenvalue weighted by molar-refractivity contribution is 4.98. The van der Waals surface area contributed by atoms with Crippen molar-refractivity contribution >= 4 is 0 Å². The van der Waals surface area contributed by atoms with Crippen molar-refractivity contribution in [3.63, 3.8) is 0 Å². The molecule has 1 N–H and O–H groups in total. The third-order valence-corrected chi connectivity index (χ3v) is 2.57. The van der Waals surface area contributed by atoms with Gasteiger partial charge in [0.05, 0.1) is 31.6 Å². The van der Waals surface area contributed by atoms with Crippen LogP contribution >= 0.6 is 0 Å². The molecule has 0 saturated carbocycles. The molecule has 0 radical (unpaired) electrons. The predicted molar refractivity (Wildman–Crippen MR) is 55.4 cm³/mol. The zero-order valence-corrected chi connectivity index (χ0v) is 8.93. The lowest BCUT2D eigenvalue weighted by atomic mass is 10.2. The van der Waals surface area contributed by atoms with Gasteiger partial charge in [0.2, 0.25) is 0 Å². The Labute approximate surface area is 89.4 Å². The average molecular weight is 211 g/mol. The summed E-state index contributed by atoms with van der Waals surface area (Å²) in [4.78, 5) is 2.24. The Morgan fingerprint density at radius 1 is 1.53 bits per heavy atom. The summed E-state index contributed by atoms with van der Waals surface area (Å²) in [6, 6.07) is 3.86. The van der Waals surface area contributed by atoms with Gasteiger partial charge in [0, 0.05) is 13.1 Å². The van der Waals surface area contributed by atoms with Gasteiger partial charge in [0.15, 0.2) is 0 Å². The minimum atomic E-state index is -0.0660. The smallest absolute Gasteiger partial charge is 0.117 e. The van der Waals surface area contributed by atoms with Crippen LogP contribution in [0, 0.1) is 0 Å². The molecule has 0 spiro atoms. The molecular formula is C11H17NO3. The maximum Gasteiger partial charge on any atom is 0.117 e. The van der Waals surface area contributed by atoms with Crippen LogP contribution in [0.25, 0.3) is 0 Å². The Morgan fingerprint density at radius 3 is 3.07 bits per heavy atom. The minimum Gasteiger partial charge on any atom is -0.468 e. The molecule has 2 heterocycles. The predicted octanol–water partition coefficient (Wildman–Crippen LogP) is 0.861. The molecule has 1 fully saturated rings. The van der Waals surface area contributed by atoms with Gasteiger partial charge >= 0.3 is 0 Å². The summed E-state index contributed by atoms with van der Waals surface area (Å²) in [6.07, 6.45) is 1.79. The first-order chi connectivity index (χ1) is 7.28. The number of hydrogen-bond donors (Lipinski definition) is 1. The summed E-state index contributed by atoms with van der Waals surface area (Å²) >= 11 is 0. The number of aliphatic hydroxyl groups excluding tert-OH is 1. The molecule has 1 aliphatic rings. The van der Waals surface area contributed by atoms with E-state index in [0.717, 1.165) is 25.4 Å². The summed E-state index contributed by atoms with van der Waals surface area (Å²) in [5.41, 5.74) is 0. The van der Waals surface area contributed by atoms with Crippen LogP contribution in [0.3, 0.4) is 0 Å². The molecule has 0 aliphatic carbocycles. The highest BCUT2D eigenvalue weighted by Gasteiger charge is 2.24. The first kappa shape index (κ1) is 10.7. The summed E-state index contributed by atoms with van der Waals surface area (Å²) in [7, 11) is 0. The molecule has 1 aromatic rings. The fraction of sp³-hybridized carbons (Fsp3) is 0.636. The first-order valence-electron chi connectivity index (χ1n) is 5.29. The third-order valence-electron chi connectivity index (χ3n) is 2.57. The molecule has 2 atom stereocenters. The zero-order valence-electron chi connectivity index (χ0n) is 8.93. The van der Waals surface area contributed by atoms with E-state index < -0.39 is 0 Å². The molecule has 0 bridgehead atoms. The molecule has 15 heavy (non-hydrogen) atoms. The van der Waals surface area contributed by atoms with E-state index in [1.165, 1.54) is 0 Å². The number of nitrogens with zero attached hydrogens (tertiary/aromatic N) is 1. The van der Waals surface area contributed by atoms with Crippen LogP contribution in [0.5, 0.6) is 0 Å². The summed E-state index contributed by atoms with van der Waals surface area (Å²) in [6.45, 7) is 4.55. The summed E-state index contributed by atoms with van der Waals surface area (Å²) in [5, 5.41) is 9.08. The second kappa shape index (κ2) is 4.79. The van der Waals surface area contributed by atoms with Gasteiger partial charge in [-0.2, -0.15) is 0 Å². The molecule has 1 saturated heterocycles. The van der Waals surface area contributed by atoms with Gasteiger partial charge in [-0.25, -0.2) is 0 Å². The van der Waals surface area contributed by atoms with Crippen LogP contribution in [-0.2, 0) is 11.3 Å². The Morgan fingerprint density at radius 2 is 2.40 bits per heavy atom. The molecular weight excluding hydrogens is 194 g/mol. The zero-order chi connectivity index (χ0) is 10.7. The fourth-order valence-corrected chi connectivity index (χ4v) is 1.99. The van der Waals surface area contributed by atoms with E-state index in [-0.39, 0.29) is 18.8 Å². The fourth-order valence-electron chi connectivity index (χ4n) is 1.99. The quantitative estimate of drug-likeness (QED) is 0.805. The third kappa shape index (κ3) is 2.81. The maximum absolute atomic E-state index is 9.08. The van der Waals surface area contributed by atoms with Crippen molar-refractivity contribution < 1.29 is 14.3 Å². The second-order valence-electron chi connectivity index (χ2n) is 4.02. The van der Waals surface area contributed by atoms with Crippen LogP contribution in [-0.4, -0.2) is 41.9 Å². The number of ether oxygens (including phenoxy) is 1. The van der Waals surface area contributed by atoms with Gasteiger partial charge < -0.3 is 14.3 Å². The normalized spacial score (nSPS) is 28.1. The Kier molecular flexibility index (Phi) is 3.41. The topological polar surface area (TPSA) is 45.8 Å². The SMILES string of the molecule is CC1CN(Cc2ccco2)CC(CO)O1. The van der Waals surface area contributed by atoms with Crippen LogP contribution in [0.2, 0.25) is 0 Å². The highest BCUT2D eigenvalue weighted by atomic mass is 16.5. The van der Waals surface area contributed by atoms with Crippen molar-refractivity contribution in [2.45, 2.75) is 25.7 Å². The standard InChI is InChI=1S/C11H17NO3/c1-9-5-12(7-11(8-13)15-9)6-10-3-2-4-14-10/h2-4,9,11,13H,5-8H2,1H3. The van der Waals surface area contributed by atoms with Crippen LogP contribution in [0.4, 0.5) is 0 Å². The molecule has 0 aromatic carbocycles. The van der Waals surface area contributed by atoms with Crippen LogP contribution in [0.1, 0.15) is 12.7 Å². The largest absolute Gasteiger partial charge is 0.468 e. The first-order valence-corrected chi connectivity index (χ1v) is 5.29. The Balaban J connectivity index is 1.91. The molecule has 1 aromatic heterocycles. The van der Waals surface area contributed by atoms with Gasteiger partial charge in [-0.3, -0.25) is 4.90 Å². The van der Waals surface area contributed by atoms with E-state index in [4.69, 9.17) is 14.3 Å². The van der Waals surface area contributed by atoms with E-state index >= 15 is 0 Å². The van der Waals surface area contributed by atoms with Gasteiger partial charge in [-0.05, 0) is 19.1 Å². The lowest BCUT2D eigenvalue weighted by Gasteiger charge is -2.35. The van der Waals surface area contributed by atoms with E-state index in [0.29, 0.717) is 0 Å². The highest BCUT2D eigenvalue weighted by Crippen LogP contribution is 2.14. The Bertz CT molecular complexity index is 286. The van der Waals surface area contributed by atoms with E-state index in [1.807, 2.05) is 19.1 Å². The van der Waals surface area contributed by atoms with Gasteiger partial charge in [-0.15, -0.1) is 0 Å². The number of hydrogen-bond acceptors (Lipinski definition) is 4. The number of morpholine rings is 1. The monoisotopic (exact) mass is 211 g/mol. The maximum atomic E-state index is 9.08.